The summed E-state index contributed by atoms with van der Waals surface area (Å²) in [6, 6.07) is 0. The maximum Gasteiger partial charge on any atom is 0.225 e. The largest absolute Gasteiger partial charge is 0.378 e. The van der Waals surface area contributed by atoms with Crippen LogP contribution < -0.4 is 0 Å². The van der Waals surface area contributed by atoms with Crippen LogP contribution >= 0.6 is 0 Å². The molecule has 1 fully saturated rings. The van der Waals surface area contributed by atoms with Crippen molar-refractivity contribution in [3.63, 3.8) is 0 Å². The molecule has 0 radical (unpaired) electrons. The predicted molar refractivity (Wildman–Crippen MR) is 89.4 cm³/mol. The van der Waals surface area contributed by atoms with E-state index in [1.807, 2.05) is 15.8 Å². The molecule has 1 saturated carbocycles. The second-order valence-electron chi connectivity index (χ2n) is 7.17. The third kappa shape index (κ3) is 3.30. The molecular weight excluding hydrogens is 320 g/mol. The fraction of sp³-hybridized carbons (Fsp3) is 0.647. The molecule has 1 unspecified atom stereocenters. The van der Waals surface area contributed by atoms with Gasteiger partial charge >= 0.3 is 0 Å². The highest BCUT2D eigenvalue weighted by molar-refractivity contribution is 5.77. The smallest absolute Gasteiger partial charge is 0.225 e. The molecule has 2 aliphatic rings. The van der Waals surface area contributed by atoms with Crippen molar-refractivity contribution < 1.29 is 9.53 Å². The third-order valence-electron chi connectivity index (χ3n) is 5.50. The van der Waals surface area contributed by atoms with Crippen LogP contribution in [0.3, 0.4) is 0 Å². The lowest BCUT2D eigenvalue weighted by molar-refractivity contribution is -0.145. The van der Waals surface area contributed by atoms with Crippen LogP contribution in [0.4, 0.5) is 0 Å². The zero-order valence-electron chi connectivity index (χ0n) is 14.5. The SMILES string of the molecule is COC1(CC(=O)N2Cc3nccn3CC(Cn3cncn3)C2)CCC1. The number of ether oxygens (including phenoxy) is 1. The van der Waals surface area contributed by atoms with Crippen LogP contribution in [0.1, 0.15) is 31.5 Å². The maximum atomic E-state index is 13.0. The Kier molecular flexibility index (Phi) is 4.29. The lowest BCUT2D eigenvalue weighted by Crippen LogP contribution is -2.46. The number of amides is 1. The Morgan fingerprint density at radius 1 is 1.40 bits per heavy atom. The van der Waals surface area contributed by atoms with Gasteiger partial charge in [-0.2, -0.15) is 5.10 Å². The standard InChI is InChI=1S/C17H24N6O2/c1-25-17(3-2-4-17)7-16(24)22-9-14(10-23-13-18-12-20-23)8-21-6-5-19-15(21)11-22/h5-6,12-14H,2-4,7-11H2,1H3. The minimum Gasteiger partial charge on any atom is -0.378 e. The van der Waals surface area contributed by atoms with Crippen LogP contribution in [0.5, 0.6) is 0 Å². The monoisotopic (exact) mass is 344 g/mol. The highest BCUT2D eigenvalue weighted by atomic mass is 16.5. The average molecular weight is 344 g/mol. The summed E-state index contributed by atoms with van der Waals surface area (Å²) >= 11 is 0. The summed E-state index contributed by atoms with van der Waals surface area (Å²) in [5.74, 6) is 1.36. The number of hydrogen-bond donors (Lipinski definition) is 0. The molecule has 3 heterocycles. The van der Waals surface area contributed by atoms with Gasteiger partial charge in [0, 0.05) is 45.1 Å². The van der Waals surface area contributed by atoms with E-state index in [1.54, 1.807) is 26.0 Å². The molecule has 1 atom stereocenters. The van der Waals surface area contributed by atoms with E-state index in [0.29, 0.717) is 19.5 Å². The molecule has 25 heavy (non-hydrogen) atoms. The lowest BCUT2D eigenvalue weighted by Gasteiger charge is -2.41. The average Bonchev–Trinajstić information content (AvgIpc) is 3.19. The van der Waals surface area contributed by atoms with Gasteiger partial charge in [-0.3, -0.25) is 9.48 Å². The Hall–Kier alpha value is -2.22. The van der Waals surface area contributed by atoms with Crippen molar-refractivity contribution in [2.24, 2.45) is 5.92 Å². The van der Waals surface area contributed by atoms with Gasteiger partial charge in [0.25, 0.3) is 0 Å². The first-order valence-electron chi connectivity index (χ1n) is 8.83. The van der Waals surface area contributed by atoms with E-state index in [-0.39, 0.29) is 17.4 Å². The summed E-state index contributed by atoms with van der Waals surface area (Å²) in [5, 5.41) is 4.21. The number of hydrogen-bond acceptors (Lipinski definition) is 5. The van der Waals surface area contributed by atoms with Crippen molar-refractivity contribution >= 4 is 5.91 Å². The number of fused-ring (bicyclic) bond motifs is 1. The van der Waals surface area contributed by atoms with Crippen LogP contribution in [0.15, 0.2) is 25.0 Å². The summed E-state index contributed by atoms with van der Waals surface area (Å²) in [6.45, 7) is 2.81. The summed E-state index contributed by atoms with van der Waals surface area (Å²) < 4.78 is 9.62. The first-order chi connectivity index (χ1) is 12.2. The first-order valence-corrected chi connectivity index (χ1v) is 8.83. The van der Waals surface area contributed by atoms with E-state index in [0.717, 1.165) is 38.2 Å². The lowest BCUT2D eigenvalue weighted by atomic mass is 9.77. The highest BCUT2D eigenvalue weighted by Gasteiger charge is 2.40. The van der Waals surface area contributed by atoms with Crippen molar-refractivity contribution in [1.82, 2.24) is 29.2 Å². The Bertz CT molecular complexity index is 716. The van der Waals surface area contributed by atoms with Crippen LogP contribution in [0.2, 0.25) is 0 Å². The second kappa shape index (κ2) is 6.59. The molecule has 0 N–H and O–H groups in total. The van der Waals surface area contributed by atoms with E-state index in [9.17, 15) is 4.79 Å². The van der Waals surface area contributed by atoms with Crippen LogP contribution in [-0.4, -0.2) is 54.4 Å². The molecule has 8 heteroatoms. The zero-order valence-corrected chi connectivity index (χ0v) is 14.5. The minimum atomic E-state index is -0.250. The Morgan fingerprint density at radius 3 is 2.96 bits per heavy atom. The molecule has 0 spiro atoms. The first kappa shape index (κ1) is 16.3. The van der Waals surface area contributed by atoms with Gasteiger partial charge in [-0.1, -0.05) is 0 Å². The minimum absolute atomic E-state index is 0.154. The van der Waals surface area contributed by atoms with E-state index in [1.165, 1.54) is 0 Å². The van der Waals surface area contributed by atoms with Crippen LogP contribution in [0.25, 0.3) is 0 Å². The second-order valence-corrected chi connectivity index (χ2v) is 7.17. The molecule has 0 saturated heterocycles. The summed E-state index contributed by atoms with van der Waals surface area (Å²) in [5.41, 5.74) is -0.250. The molecule has 1 aliphatic carbocycles. The Morgan fingerprint density at radius 2 is 2.28 bits per heavy atom. The van der Waals surface area contributed by atoms with Gasteiger partial charge in [0.05, 0.1) is 18.6 Å². The van der Waals surface area contributed by atoms with E-state index in [4.69, 9.17) is 4.74 Å². The molecule has 8 nitrogen and oxygen atoms in total. The van der Waals surface area contributed by atoms with E-state index < -0.39 is 0 Å². The molecule has 1 amide bonds. The quantitative estimate of drug-likeness (QED) is 0.811. The van der Waals surface area contributed by atoms with Crippen LogP contribution in [0, 0.1) is 5.92 Å². The summed E-state index contributed by atoms with van der Waals surface area (Å²) in [7, 11) is 1.72. The van der Waals surface area contributed by atoms with Gasteiger partial charge in [-0.25, -0.2) is 9.97 Å². The van der Waals surface area contributed by atoms with Gasteiger partial charge in [-0.05, 0) is 19.3 Å². The Balaban J connectivity index is 1.51. The van der Waals surface area contributed by atoms with Gasteiger partial charge in [0.1, 0.15) is 18.5 Å². The molecule has 2 aromatic rings. The van der Waals surface area contributed by atoms with Gasteiger partial charge < -0.3 is 14.2 Å². The summed E-state index contributed by atoms with van der Waals surface area (Å²) in [4.78, 5) is 23.4. The van der Waals surface area contributed by atoms with Crippen molar-refractivity contribution in [2.75, 3.05) is 13.7 Å². The van der Waals surface area contributed by atoms with E-state index in [2.05, 4.69) is 19.6 Å². The number of carbonyl (C=O) groups excluding carboxylic acids is 1. The maximum absolute atomic E-state index is 13.0. The normalized spacial score (nSPS) is 22.1. The van der Waals surface area contributed by atoms with Crippen molar-refractivity contribution in [3.05, 3.63) is 30.9 Å². The molecular formula is C17H24N6O2. The van der Waals surface area contributed by atoms with E-state index >= 15 is 0 Å². The molecule has 0 aromatic carbocycles. The topological polar surface area (TPSA) is 78.1 Å². The number of methoxy groups -OCH3 is 1. The van der Waals surface area contributed by atoms with Crippen molar-refractivity contribution in [3.8, 4) is 0 Å². The molecule has 0 bridgehead atoms. The third-order valence-corrected chi connectivity index (χ3v) is 5.50. The Labute approximate surface area is 146 Å². The fourth-order valence-electron chi connectivity index (χ4n) is 3.85. The molecule has 134 valence electrons. The number of carbonyl (C=O) groups is 1. The number of nitrogens with zero attached hydrogens (tertiary/aromatic N) is 6. The zero-order chi connectivity index (χ0) is 17.3. The van der Waals surface area contributed by atoms with Gasteiger partial charge in [0.2, 0.25) is 5.91 Å². The molecule has 2 aromatic heterocycles. The van der Waals surface area contributed by atoms with Crippen molar-refractivity contribution in [1.29, 1.82) is 0 Å². The summed E-state index contributed by atoms with van der Waals surface area (Å²) in [6.07, 6.45) is 10.6. The number of aromatic nitrogens is 5. The van der Waals surface area contributed by atoms with Crippen molar-refractivity contribution in [2.45, 2.75) is 50.9 Å². The molecule has 4 rings (SSSR count). The number of rotatable bonds is 5. The van der Waals surface area contributed by atoms with Gasteiger partial charge in [0.15, 0.2) is 0 Å². The number of imidazole rings is 1. The predicted octanol–water partition coefficient (Wildman–Crippen LogP) is 1.09. The highest BCUT2D eigenvalue weighted by Crippen LogP contribution is 2.38. The van der Waals surface area contributed by atoms with Gasteiger partial charge in [-0.15, -0.1) is 0 Å². The fourth-order valence-corrected chi connectivity index (χ4v) is 3.85. The van der Waals surface area contributed by atoms with Crippen LogP contribution in [-0.2, 0) is 29.2 Å². The molecule has 1 aliphatic heterocycles.